The van der Waals surface area contributed by atoms with Gasteiger partial charge in [0.2, 0.25) is 0 Å². The number of ether oxygens (including phenoxy) is 1. The molecule has 0 heterocycles. The first-order chi connectivity index (χ1) is 9.52. The number of nitrogens with zero attached hydrogens (tertiary/aromatic N) is 2. The largest absolute Gasteiger partial charge is 0.484 e. The van der Waals surface area contributed by atoms with Crippen molar-refractivity contribution in [2.24, 2.45) is 5.92 Å². The van der Waals surface area contributed by atoms with E-state index in [9.17, 15) is 15.4 Å². The maximum atomic E-state index is 11.0. The molecule has 0 aromatic heterocycles. The predicted molar refractivity (Wildman–Crippen MR) is 73.5 cm³/mol. The van der Waals surface area contributed by atoms with Crippen molar-refractivity contribution in [3.8, 4) is 11.8 Å². The zero-order valence-corrected chi connectivity index (χ0v) is 11.5. The van der Waals surface area contributed by atoms with Gasteiger partial charge in [0.1, 0.15) is 12.1 Å². The number of nitro groups is 1. The molecule has 20 heavy (non-hydrogen) atoms. The first-order valence-electron chi connectivity index (χ1n) is 6.50. The van der Waals surface area contributed by atoms with Crippen molar-refractivity contribution in [2.45, 2.75) is 25.3 Å². The molecule has 106 valence electrons. The Morgan fingerprint density at radius 1 is 1.60 bits per heavy atom. The van der Waals surface area contributed by atoms with Crippen molar-refractivity contribution < 1.29 is 9.66 Å². The molecule has 0 aliphatic heterocycles. The van der Waals surface area contributed by atoms with E-state index in [-0.39, 0.29) is 24.0 Å². The molecular formula is C14H17N3O3. The third-order valence-electron chi connectivity index (χ3n) is 3.69. The molecule has 1 N–H and O–H groups in total. The maximum absolute atomic E-state index is 11.0. The molecule has 6 nitrogen and oxygen atoms in total. The molecule has 0 saturated heterocycles. The molecule has 2 rings (SSSR count). The van der Waals surface area contributed by atoms with Crippen molar-refractivity contribution >= 4 is 5.69 Å². The average Bonchev–Trinajstić information content (AvgIpc) is 3.25. The highest BCUT2D eigenvalue weighted by molar-refractivity contribution is 5.48. The third kappa shape index (κ3) is 2.73. The van der Waals surface area contributed by atoms with Gasteiger partial charge in [0.05, 0.1) is 11.0 Å². The molecule has 1 aromatic rings. The maximum Gasteiger partial charge on any atom is 0.310 e. The first kappa shape index (κ1) is 14.3. The summed E-state index contributed by atoms with van der Waals surface area (Å²) in [4.78, 5) is 10.5. The summed E-state index contributed by atoms with van der Waals surface area (Å²) in [5.41, 5.74) is 0.0378. The number of nitrogens with one attached hydrogen (secondary N) is 1. The predicted octanol–water partition coefficient (Wildman–Crippen LogP) is 2.17. The van der Waals surface area contributed by atoms with Crippen LogP contribution < -0.4 is 10.1 Å². The van der Waals surface area contributed by atoms with Gasteiger partial charge in [-0.2, -0.15) is 5.26 Å². The molecule has 1 atom stereocenters. The summed E-state index contributed by atoms with van der Waals surface area (Å²) < 4.78 is 5.60. The molecule has 1 fully saturated rings. The van der Waals surface area contributed by atoms with Gasteiger partial charge >= 0.3 is 5.69 Å². The van der Waals surface area contributed by atoms with E-state index in [4.69, 9.17) is 4.74 Å². The van der Waals surface area contributed by atoms with Gasteiger partial charge < -0.3 is 4.74 Å². The average molecular weight is 275 g/mol. The first-order valence-corrected chi connectivity index (χ1v) is 6.50. The molecule has 1 aliphatic carbocycles. The van der Waals surface area contributed by atoms with Crippen LogP contribution in [0.15, 0.2) is 18.2 Å². The van der Waals surface area contributed by atoms with Crippen molar-refractivity contribution in [2.75, 3.05) is 13.7 Å². The Morgan fingerprint density at radius 3 is 2.80 bits per heavy atom. The van der Waals surface area contributed by atoms with E-state index in [0.29, 0.717) is 0 Å². The van der Waals surface area contributed by atoms with Gasteiger partial charge in [0.25, 0.3) is 0 Å². The SMILES string of the molecule is CNC(C#N)(COc1cc(C)ccc1[N+](=O)[O-])C1CC1. The standard InChI is InChI=1S/C14H17N3O3/c1-10-3-6-12(17(18)19)13(7-10)20-9-14(8-15,16-2)11-4-5-11/h3,6-7,11,16H,4-5,9H2,1-2H3. The smallest absolute Gasteiger partial charge is 0.310 e. The van der Waals surface area contributed by atoms with Crippen molar-refractivity contribution in [1.29, 1.82) is 5.26 Å². The fourth-order valence-electron chi connectivity index (χ4n) is 2.23. The lowest BCUT2D eigenvalue weighted by atomic mass is 9.96. The number of nitriles is 1. The Balaban J connectivity index is 2.20. The minimum atomic E-state index is -0.766. The van der Waals surface area contributed by atoms with Gasteiger partial charge in [0.15, 0.2) is 5.75 Å². The van der Waals surface area contributed by atoms with Crippen LogP contribution in [0.1, 0.15) is 18.4 Å². The molecule has 6 heteroatoms. The molecule has 1 unspecified atom stereocenters. The molecule has 0 radical (unpaired) electrons. The molecule has 1 aliphatic rings. The Morgan fingerprint density at radius 2 is 2.30 bits per heavy atom. The highest BCUT2D eigenvalue weighted by Gasteiger charge is 2.45. The molecule has 1 aromatic carbocycles. The zero-order chi connectivity index (χ0) is 14.8. The van der Waals surface area contributed by atoms with Crippen molar-refractivity contribution in [3.05, 3.63) is 33.9 Å². The second-order valence-electron chi connectivity index (χ2n) is 5.12. The van der Waals surface area contributed by atoms with E-state index in [2.05, 4.69) is 11.4 Å². The fourth-order valence-corrected chi connectivity index (χ4v) is 2.23. The molecule has 1 saturated carbocycles. The van der Waals surface area contributed by atoms with E-state index < -0.39 is 10.5 Å². The number of hydrogen-bond donors (Lipinski definition) is 1. The Kier molecular flexibility index (Phi) is 3.91. The van der Waals surface area contributed by atoms with Crippen molar-refractivity contribution in [1.82, 2.24) is 5.32 Å². The van der Waals surface area contributed by atoms with Crippen LogP contribution in [0.4, 0.5) is 5.69 Å². The summed E-state index contributed by atoms with van der Waals surface area (Å²) >= 11 is 0. The van der Waals surface area contributed by atoms with Gasteiger partial charge in [0, 0.05) is 6.07 Å². The Bertz CT molecular complexity index is 563. The van der Waals surface area contributed by atoms with Crippen molar-refractivity contribution in [3.63, 3.8) is 0 Å². The van der Waals surface area contributed by atoms with Gasteiger partial charge in [-0.05, 0) is 44.4 Å². The molecule has 0 amide bonds. The van der Waals surface area contributed by atoms with Gasteiger partial charge in [-0.1, -0.05) is 6.07 Å². The number of rotatable bonds is 6. The number of likely N-dealkylation sites (N-methyl/N-ethyl adjacent to an activating group) is 1. The second kappa shape index (κ2) is 5.47. The van der Waals surface area contributed by atoms with Crippen LogP contribution >= 0.6 is 0 Å². The van der Waals surface area contributed by atoms with Crippen LogP contribution in [0.2, 0.25) is 0 Å². The quantitative estimate of drug-likeness (QED) is 0.635. The van der Waals surface area contributed by atoms with Crippen LogP contribution in [-0.4, -0.2) is 24.1 Å². The number of aryl methyl sites for hydroxylation is 1. The Labute approximate surface area is 117 Å². The van der Waals surface area contributed by atoms with Gasteiger partial charge in [-0.25, -0.2) is 0 Å². The van der Waals surface area contributed by atoms with Crippen LogP contribution in [0.25, 0.3) is 0 Å². The Hall–Kier alpha value is -2.13. The summed E-state index contributed by atoms with van der Waals surface area (Å²) in [5.74, 6) is 0.465. The summed E-state index contributed by atoms with van der Waals surface area (Å²) in [6.07, 6.45) is 1.96. The molecular weight excluding hydrogens is 258 g/mol. The normalized spacial score (nSPS) is 17.1. The number of hydrogen-bond acceptors (Lipinski definition) is 5. The lowest BCUT2D eigenvalue weighted by Gasteiger charge is -2.25. The molecule has 0 spiro atoms. The number of nitro benzene ring substituents is 1. The fraction of sp³-hybridized carbons (Fsp3) is 0.500. The van der Waals surface area contributed by atoms with Crippen LogP contribution in [0, 0.1) is 34.3 Å². The van der Waals surface area contributed by atoms with Crippen LogP contribution in [-0.2, 0) is 0 Å². The highest BCUT2D eigenvalue weighted by Crippen LogP contribution is 2.40. The number of benzene rings is 1. The van der Waals surface area contributed by atoms with E-state index >= 15 is 0 Å². The highest BCUT2D eigenvalue weighted by atomic mass is 16.6. The van der Waals surface area contributed by atoms with Gasteiger partial charge in [-0.15, -0.1) is 0 Å². The van der Waals surface area contributed by atoms with E-state index in [1.165, 1.54) is 6.07 Å². The minimum Gasteiger partial charge on any atom is -0.484 e. The minimum absolute atomic E-state index is 0.0747. The zero-order valence-electron chi connectivity index (χ0n) is 11.5. The summed E-state index contributed by atoms with van der Waals surface area (Å²) in [6.45, 7) is 1.95. The van der Waals surface area contributed by atoms with Crippen LogP contribution in [0.3, 0.4) is 0 Å². The summed E-state index contributed by atoms with van der Waals surface area (Å²) in [7, 11) is 1.72. The van der Waals surface area contributed by atoms with Crippen LogP contribution in [0.5, 0.6) is 5.75 Å². The third-order valence-corrected chi connectivity index (χ3v) is 3.69. The summed E-state index contributed by atoms with van der Waals surface area (Å²) in [5, 5.41) is 23.4. The lowest BCUT2D eigenvalue weighted by molar-refractivity contribution is -0.385. The van der Waals surface area contributed by atoms with E-state index in [1.54, 1.807) is 19.2 Å². The van der Waals surface area contributed by atoms with E-state index in [1.807, 2.05) is 6.92 Å². The van der Waals surface area contributed by atoms with Gasteiger partial charge in [-0.3, -0.25) is 15.4 Å². The lowest BCUT2D eigenvalue weighted by Crippen LogP contribution is -2.49. The summed E-state index contributed by atoms with van der Waals surface area (Å²) in [6, 6.07) is 6.98. The second-order valence-corrected chi connectivity index (χ2v) is 5.12. The molecule has 0 bridgehead atoms. The van der Waals surface area contributed by atoms with E-state index in [0.717, 1.165) is 18.4 Å². The monoisotopic (exact) mass is 275 g/mol. The topological polar surface area (TPSA) is 88.2 Å².